The minimum absolute atomic E-state index is 0.372. The summed E-state index contributed by atoms with van der Waals surface area (Å²) in [4.78, 5) is 11.1. The lowest BCUT2D eigenvalue weighted by Gasteiger charge is -2.15. The van der Waals surface area contributed by atoms with Gasteiger partial charge in [0.1, 0.15) is 12.9 Å². The second kappa shape index (κ2) is 6.57. The number of hydrogen-bond donors (Lipinski definition) is 0. The maximum Gasteiger partial charge on any atom is 0.169 e. The van der Waals surface area contributed by atoms with E-state index in [0.29, 0.717) is 23.7 Å². The third-order valence-corrected chi connectivity index (χ3v) is 2.86. The van der Waals surface area contributed by atoms with Crippen molar-refractivity contribution in [1.29, 1.82) is 0 Å². The van der Waals surface area contributed by atoms with Crippen molar-refractivity contribution in [2.24, 2.45) is 0 Å². The number of methoxy groups -OCH3 is 1. The van der Waals surface area contributed by atoms with Crippen LogP contribution >= 0.6 is 0 Å². The number of rotatable bonds is 6. The molecule has 0 bridgehead atoms. The van der Waals surface area contributed by atoms with Crippen LogP contribution in [0.25, 0.3) is 11.1 Å². The highest BCUT2D eigenvalue weighted by molar-refractivity contribution is 5.84. The standard InChI is InChI=1S/C17H16O3/c1-3-9-20-17-15(14-7-5-4-6-8-14)10-13(12-18)11-16(17)19-2/h3-8,10-12H,1,9H2,2H3. The van der Waals surface area contributed by atoms with E-state index in [1.807, 2.05) is 30.3 Å². The van der Waals surface area contributed by atoms with E-state index in [0.717, 1.165) is 17.4 Å². The predicted octanol–water partition coefficient (Wildman–Crippen LogP) is 3.74. The van der Waals surface area contributed by atoms with Crippen LogP contribution in [0.3, 0.4) is 0 Å². The predicted molar refractivity (Wildman–Crippen MR) is 79.5 cm³/mol. The van der Waals surface area contributed by atoms with Gasteiger partial charge in [0.15, 0.2) is 11.5 Å². The zero-order valence-corrected chi connectivity index (χ0v) is 11.3. The van der Waals surface area contributed by atoms with Crippen molar-refractivity contribution in [1.82, 2.24) is 0 Å². The van der Waals surface area contributed by atoms with E-state index < -0.39 is 0 Å². The molecule has 20 heavy (non-hydrogen) atoms. The van der Waals surface area contributed by atoms with E-state index >= 15 is 0 Å². The molecule has 0 fully saturated rings. The quantitative estimate of drug-likeness (QED) is 0.591. The lowest BCUT2D eigenvalue weighted by atomic mass is 10.0. The van der Waals surface area contributed by atoms with Gasteiger partial charge >= 0.3 is 0 Å². The van der Waals surface area contributed by atoms with Crippen LogP contribution in [0.5, 0.6) is 11.5 Å². The van der Waals surface area contributed by atoms with E-state index in [1.54, 1.807) is 25.3 Å². The average molecular weight is 268 g/mol. The Hall–Kier alpha value is -2.55. The van der Waals surface area contributed by atoms with Gasteiger partial charge in [0.25, 0.3) is 0 Å². The maximum atomic E-state index is 11.1. The lowest BCUT2D eigenvalue weighted by molar-refractivity contribution is 0.112. The summed E-state index contributed by atoms with van der Waals surface area (Å²) in [7, 11) is 1.56. The molecule has 0 aliphatic carbocycles. The van der Waals surface area contributed by atoms with Crippen molar-refractivity contribution in [3.8, 4) is 22.6 Å². The molecule has 0 aliphatic heterocycles. The molecule has 0 atom stereocenters. The first-order valence-corrected chi connectivity index (χ1v) is 6.26. The first-order chi connectivity index (χ1) is 9.80. The molecule has 0 amide bonds. The Balaban J connectivity index is 2.61. The highest BCUT2D eigenvalue weighted by Gasteiger charge is 2.14. The molecule has 0 heterocycles. The Morgan fingerprint density at radius 1 is 1.20 bits per heavy atom. The molecule has 2 rings (SSSR count). The summed E-state index contributed by atoms with van der Waals surface area (Å²) in [5.41, 5.74) is 2.34. The molecular formula is C17H16O3. The van der Waals surface area contributed by atoms with Crippen LogP contribution in [-0.2, 0) is 0 Å². The Morgan fingerprint density at radius 3 is 2.55 bits per heavy atom. The molecule has 0 N–H and O–H groups in total. The molecule has 0 aliphatic rings. The first-order valence-electron chi connectivity index (χ1n) is 6.26. The van der Waals surface area contributed by atoms with Crippen LogP contribution in [0.2, 0.25) is 0 Å². The fraction of sp³-hybridized carbons (Fsp3) is 0.118. The number of aldehydes is 1. The van der Waals surface area contributed by atoms with Gasteiger partial charge in [-0.25, -0.2) is 0 Å². The fourth-order valence-electron chi connectivity index (χ4n) is 1.97. The van der Waals surface area contributed by atoms with E-state index in [1.165, 1.54) is 0 Å². The number of hydrogen-bond acceptors (Lipinski definition) is 3. The molecule has 0 radical (unpaired) electrons. The fourth-order valence-corrected chi connectivity index (χ4v) is 1.97. The zero-order chi connectivity index (χ0) is 14.4. The summed E-state index contributed by atoms with van der Waals surface area (Å²) in [6.45, 7) is 4.02. The molecule has 3 nitrogen and oxygen atoms in total. The Morgan fingerprint density at radius 2 is 1.95 bits per heavy atom. The second-order valence-electron chi connectivity index (χ2n) is 4.18. The van der Waals surface area contributed by atoms with E-state index in [9.17, 15) is 4.79 Å². The summed E-state index contributed by atoms with van der Waals surface area (Å²) in [5, 5.41) is 0. The van der Waals surface area contributed by atoms with Crippen LogP contribution in [0.1, 0.15) is 10.4 Å². The topological polar surface area (TPSA) is 35.5 Å². The molecule has 2 aromatic carbocycles. The minimum Gasteiger partial charge on any atom is -0.493 e. The molecule has 0 aromatic heterocycles. The summed E-state index contributed by atoms with van der Waals surface area (Å²) < 4.78 is 11.0. The van der Waals surface area contributed by atoms with Crippen molar-refractivity contribution in [3.05, 3.63) is 60.7 Å². The van der Waals surface area contributed by atoms with Gasteiger partial charge in [-0.15, -0.1) is 0 Å². The van der Waals surface area contributed by atoms with Crippen LogP contribution < -0.4 is 9.47 Å². The summed E-state index contributed by atoms with van der Waals surface area (Å²) in [5.74, 6) is 1.15. The van der Waals surface area contributed by atoms with E-state index in [4.69, 9.17) is 9.47 Å². The second-order valence-corrected chi connectivity index (χ2v) is 4.18. The number of carbonyl (C=O) groups is 1. The highest BCUT2D eigenvalue weighted by Crippen LogP contribution is 2.39. The maximum absolute atomic E-state index is 11.1. The SMILES string of the molecule is C=CCOc1c(OC)cc(C=O)cc1-c1ccccc1. The first kappa shape index (κ1) is 13.9. The van der Waals surface area contributed by atoms with Crippen molar-refractivity contribution in [3.63, 3.8) is 0 Å². The number of ether oxygens (including phenoxy) is 2. The van der Waals surface area contributed by atoms with Gasteiger partial charge in [-0.3, -0.25) is 4.79 Å². The Kier molecular flexibility index (Phi) is 4.56. The van der Waals surface area contributed by atoms with Crippen molar-refractivity contribution < 1.29 is 14.3 Å². The van der Waals surface area contributed by atoms with Gasteiger partial charge in [0.05, 0.1) is 7.11 Å². The Bertz CT molecular complexity index is 603. The molecule has 0 unspecified atom stereocenters. The molecular weight excluding hydrogens is 252 g/mol. The van der Waals surface area contributed by atoms with Crippen LogP contribution in [0, 0.1) is 0 Å². The lowest BCUT2D eigenvalue weighted by Crippen LogP contribution is -2.00. The van der Waals surface area contributed by atoms with Crippen LogP contribution in [0.15, 0.2) is 55.1 Å². The Labute approximate surface area is 118 Å². The largest absolute Gasteiger partial charge is 0.493 e. The van der Waals surface area contributed by atoms with Crippen LogP contribution in [0.4, 0.5) is 0 Å². The van der Waals surface area contributed by atoms with Crippen molar-refractivity contribution in [2.45, 2.75) is 0 Å². The molecule has 0 saturated carbocycles. The van der Waals surface area contributed by atoms with Crippen molar-refractivity contribution in [2.75, 3.05) is 13.7 Å². The van der Waals surface area contributed by atoms with Gasteiger partial charge in [0.2, 0.25) is 0 Å². The smallest absolute Gasteiger partial charge is 0.169 e. The van der Waals surface area contributed by atoms with E-state index in [2.05, 4.69) is 6.58 Å². The van der Waals surface area contributed by atoms with Gasteiger partial charge in [-0.1, -0.05) is 43.0 Å². The normalized spacial score (nSPS) is 9.85. The van der Waals surface area contributed by atoms with Gasteiger partial charge in [-0.05, 0) is 17.7 Å². The highest BCUT2D eigenvalue weighted by atomic mass is 16.5. The number of carbonyl (C=O) groups excluding carboxylic acids is 1. The third kappa shape index (κ3) is 2.88. The minimum atomic E-state index is 0.372. The summed E-state index contributed by atoms with van der Waals surface area (Å²) in [6, 6.07) is 13.2. The van der Waals surface area contributed by atoms with E-state index in [-0.39, 0.29) is 0 Å². The number of benzene rings is 2. The van der Waals surface area contributed by atoms with Gasteiger partial charge < -0.3 is 9.47 Å². The van der Waals surface area contributed by atoms with Gasteiger partial charge in [0, 0.05) is 11.1 Å². The average Bonchev–Trinajstić information content (AvgIpc) is 2.52. The molecule has 0 spiro atoms. The summed E-state index contributed by atoms with van der Waals surface area (Å²) >= 11 is 0. The molecule has 102 valence electrons. The zero-order valence-electron chi connectivity index (χ0n) is 11.3. The third-order valence-electron chi connectivity index (χ3n) is 2.86. The van der Waals surface area contributed by atoms with Gasteiger partial charge in [-0.2, -0.15) is 0 Å². The molecule has 3 heteroatoms. The molecule has 2 aromatic rings. The van der Waals surface area contributed by atoms with Crippen LogP contribution in [-0.4, -0.2) is 20.0 Å². The van der Waals surface area contributed by atoms with Crippen molar-refractivity contribution >= 4 is 6.29 Å². The summed E-state index contributed by atoms with van der Waals surface area (Å²) in [6.07, 6.45) is 2.47. The monoisotopic (exact) mass is 268 g/mol. The molecule has 0 saturated heterocycles.